The Morgan fingerprint density at radius 2 is 1.68 bits per heavy atom. The average molecular weight is 412 g/mol. The summed E-state index contributed by atoms with van der Waals surface area (Å²) in [6, 6.07) is -0.0425. The first-order chi connectivity index (χ1) is 13.2. The zero-order valence-electron chi connectivity index (χ0n) is 17.3. The van der Waals surface area contributed by atoms with Crippen LogP contribution >= 0.6 is 11.3 Å². The summed E-state index contributed by atoms with van der Waals surface area (Å²) < 4.78 is 10.2. The first-order valence-corrected chi connectivity index (χ1v) is 10.3. The Balaban J connectivity index is 2.32. The predicted octanol–water partition coefficient (Wildman–Crippen LogP) is 2.97. The minimum Gasteiger partial charge on any atom is -0.462 e. The molecule has 1 aliphatic rings. The van der Waals surface area contributed by atoms with Crippen LogP contribution < -0.4 is 5.32 Å². The van der Waals surface area contributed by atoms with Crippen LogP contribution in [0.15, 0.2) is 0 Å². The van der Waals surface area contributed by atoms with Gasteiger partial charge in [0.25, 0.3) is 0 Å². The quantitative estimate of drug-likeness (QED) is 0.750. The van der Waals surface area contributed by atoms with E-state index in [-0.39, 0.29) is 36.9 Å². The molecule has 1 aromatic heterocycles. The molecule has 2 rings (SSSR count). The molecule has 2 unspecified atom stereocenters. The summed E-state index contributed by atoms with van der Waals surface area (Å²) in [5, 5.41) is 3.13. The molecule has 2 amide bonds. The fraction of sp³-hybridized carbons (Fsp3) is 0.632. The molecular weight excluding hydrogens is 382 g/mol. The van der Waals surface area contributed by atoms with Crippen molar-refractivity contribution in [2.75, 3.05) is 38.7 Å². The molecule has 1 fully saturated rings. The molecule has 28 heavy (non-hydrogen) atoms. The van der Waals surface area contributed by atoms with Crippen LogP contribution in [0.25, 0.3) is 0 Å². The molecule has 8 nitrogen and oxygen atoms in total. The number of carbonyl (C=O) groups is 3. The number of amides is 2. The minimum atomic E-state index is -0.568. The van der Waals surface area contributed by atoms with E-state index in [1.807, 2.05) is 14.0 Å². The summed E-state index contributed by atoms with van der Waals surface area (Å²) in [5.74, 6) is -1.08. The molecular formula is C19H29N3O5S. The third-order valence-corrected chi connectivity index (χ3v) is 6.05. The van der Waals surface area contributed by atoms with E-state index in [4.69, 9.17) is 9.47 Å². The van der Waals surface area contributed by atoms with Crippen LogP contribution in [-0.4, -0.2) is 73.2 Å². The van der Waals surface area contributed by atoms with Gasteiger partial charge in [-0.2, -0.15) is 0 Å². The molecule has 2 heterocycles. The summed E-state index contributed by atoms with van der Waals surface area (Å²) in [7, 11) is 2.03. The number of likely N-dealkylation sites (N-methyl/N-ethyl adjacent to an activating group) is 1. The Bertz CT molecular complexity index is 748. The number of urea groups is 1. The number of nitrogens with zero attached hydrogens (tertiary/aromatic N) is 2. The van der Waals surface area contributed by atoms with Crippen LogP contribution in [0.1, 0.15) is 53.3 Å². The van der Waals surface area contributed by atoms with E-state index in [0.29, 0.717) is 22.0 Å². The summed E-state index contributed by atoms with van der Waals surface area (Å²) in [6.07, 6.45) is 0. The van der Waals surface area contributed by atoms with Gasteiger partial charge in [-0.1, -0.05) is 0 Å². The highest BCUT2D eigenvalue weighted by atomic mass is 32.1. The van der Waals surface area contributed by atoms with E-state index in [9.17, 15) is 14.4 Å². The number of nitrogens with one attached hydrogen (secondary N) is 1. The fourth-order valence-electron chi connectivity index (χ4n) is 3.19. The number of hydrogen-bond acceptors (Lipinski definition) is 7. The Kier molecular flexibility index (Phi) is 7.42. The predicted molar refractivity (Wildman–Crippen MR) is 108 cm³/mol. The van der Waals surface area contributed by atoms with Crippen molar-refractivity contribution < 1.29 is 23.9 Å². The number of rotatable bonds is 5. The van der Waals surface area contributed by atoms with Gasteiger partial charge in [0.15, 0.2) is 0 Å². The van der Waals surface area contributed by atoms with Gasteiger partial charge in [-0.15, -0.1) is 11.3 Å². The van der Waals surface area contributed by atoms with E-state index < -0.39 is 11.9 Å². The standard InChI is InChI=1S/C19H29N3O5S/c1-7-26-17(23)14-13(5)15(18(24)27-8-2)28-16(14)20-19(25)22-10-11(3)21(6)9-12(22)4/h11-12H,7-10H2,1-6H3,(H,20,25). The number of hydrogen-bond donors (Lipinski definition) is 1. The van der Waals surface area contributed by atoms with Crippen LogP contribution in [0.5, 0.6) is 0 Å². The second-order valence-corrected chi connectivity index (χ2v) is 7.94. The van der Waals surface area contributed by atoms with Gasteiger partial charge in [-0.3, -0.25) is 10.2 Å². The number of esters is 2. The van der Waals surface area contributed by atoms with Gasteiger partial charge in [-0.25, -0.2) is 14.4 Å². The molecule has 2 atom stereocenters. The lowest BCUT2D eigenvalue weighted by Gasteiger charge is -2.42. The van der Waals surface area contributed by atoms with Gasteiger partial charge in [0.05, 0.1) is 18.8 Å². The minimum absolute atomic E-state index is 0.0258. The van der Waals surface area contributed by atoms with Crippen LogP contribution in [0.2, 0.25) is 0 Å². The Morgan fingerprint density at radius 3 is 2.29 bits per heavy atom. The third-order valence-electron chi connectivity index (χ3n) is 4.87. The second kappa shape index (κ2) is 9.38. The SMILES string of the molecule is CCOC(=O)c1sc(NC(=O)N2CC(C)N(C)CC2C)c(C(=O)OCC)c1C. The molecule has 0 bridgehead atoms. The summed E-state index contributed by atoms with van der Waals surface area (Å²) in [5.41, 5.74) is 0.662. The molecule has 156 valence electrons. The van der Waals surface area contributed by atoms with Crippen molar-refractivity contribution in [3.05, 3.63) is 16.0 Å². The van der Waals surface area contributed by atoms with Crippen LogP contribution in [0.3, 0.4) is 0 Å². The highest BCUT2D eigenvalue weighted by Crippen LogP contribution is 2.34. The average Bonchev–Trinajstić information content (AvgIpc) is 2.94. The summed E-state index contributed by atoms with van der Waals surface area (Å²) in [4.78, 5) is 41.9. The Hall–Kier alpha value is -2.13. The first kappa shape index (κ1) is 22.2. The highest BCUT2D eigenvalue weighted by Gasteiger charge is 2.32. The molecule has 9 heteroatoms. The molecule has 0 spiro atoms. The lowest BCUT2D eigenvalue weighted by atomic mass is 10.1. The van der Waals surface area contributed by atoms with Gasteiger partial charge < -0.3 is 14.4 Å². The smallest absolute Gasteiger partial charge is 0.348 e. The van der Waals surface area contributed by atoms with Gasteiger partial charge in [0.1, 0.15) is 9.88 Å². The van der Waals surface area contributed by atoms with Crippen molar-refractivity contribution in [3.63, 3.8) is 0 Å². The van der Waals surface area contributed by atoms with Crippen molar-refractivity contribution in [3.8, 4) is 0 Å². The Morgan fingerprint density at radius 1 is 1.07 bits per heavy atom. The second-order valence-electron chi connectivity index (χ2n) is 6.92. The third kappa shape index (κ3) is 4.64. The fourth-order valence-corrected chi connectivity index (χ4v) is 4.27. The molecule has 1 N–H and O–H groups in total. The summed E-state index contributed by atoms with van der Waals surface area (Å²) in [6.45, 7) is 10.9. The van der Waals surface area contributed by atoms with E-state index >= 15 is 0 Å². The maximum absolute atomic E-state index is 12.9. The van der Waals surface area contributed by atoms with Crippen molar-refractivity contribution in [2.45, 2.75) is 46.7 Å². The molecule has 0 aromatic carbocycles. The molecule has 0 saturated carbocycles. The van der Waals surface area contributed by atoms with Gasteiger partial charge in [0.2, 0.25) is 0 Å². The number of ether oxygens (including phenoxy) is 2. The van der Waals surface area contributed by atoms with Gasteiger partial charge in [-0.05, 0) is 47.2 Å². The van der Waals surface area contributed by atoms with E-state index in [1.54, 1.807) is 25.7 Å². The molecule has 1 aromatic rings. The highest BCUT2D eigenvalue weighted by molar-refractivity contribution is 7.18. The first-order valence-electron chi connectivity index (χ1n) is 9.46. The van der Waals surface area contributed by atoms with Crippen molar-refractivity contribution >= 4 is 34.3 Å². The lowest BCUT2D eigenvalue weighted by molar-refractivity contribution is 0.0527. The monoisotopic (exact) mass is 411 g/mol. The maximum Gasteiger partial charge on any atom is 0.348 e. The molecule has 0 aliphatic carbocycles. The topological polar surface area (TPSA) is 88.2 Å². The van der Waals surface area contributed by atoms with Crippen LogP contribution in [-0.2, 0) is 9.47 Å². The number of carbonyl (C=O) groups excluding carboxylic acids is 3. The normalized spacial score (nSPS) is 20.0. The largest absolute Gasteiger partial charge is 0.462 e. The number of piperazine rings is 1. The number of thiophene rings is 1. The van der Waals surface area contributed by atoms with E-state index in [0.717, 1.165) is 17.9 Å². The van der Waals surface area contributed by atoms with Crippen molar-refractivity contribution in [1.29, 1.82) is 0 Å². The van der Waals surface area contributed by atoms with Gasteiger partial charge >= 0.3 is 18.0 Å². The lowest BCUT2D eigenvalue weighted by Crippen LogP contribution is -2.57. The van der Waals surface area contributed by atoms with Crippen molar-refractivity contribution in [1.82, 2.24) is 9.80 Å². The zero-order chi connectivity index (χ0) is 21.0. The molecule has 1 saturated heterocycles. The number of anilines is 1. The zero-order valence-corrected chi connectivity index (χ0v) is 18.1. The van der Waals surface area contributed by atoms with E-state index in [1.165, 1.54) is 0 Å². The molecule has 0 radical (unpaired) electrons. The Labute approximate surface area is 169 Å². The van der Waals surface area contributed by atoms with Crippen LogP contribution in [0.4, 0.5) is 9.80 Å². The van der Waals surface area contributed by atoms with Gasteiger partial charge in [0, 0.05) is 25.2 Å². The summed E-state index contributed by atoms with van der Waals surface area (Å²) >= 11 is 1.04. The van der Waals surface area contributed by atoms with Crippen LogP contribution in [0, 0.1) is 6.92 Å². The molecule has 1 aliphatic heterocycles. The maximum atomic E-state index is 12.9. The van der Waals surface area contributed by atoms with Crippen molar-refractivity contribution in [2.24, 2.45) is 0 Å². The van der Waals surface area contributed by atoms with E-state index in [2.05, 4.69) is 17.1 Å².